The number of pyridine rings is 1. The van der Waals surface area contributed by atoms with Gasteiger partial charge in [-0.25, -0.2) is 4.98 Å². The van der Waals surface area contributed by atoms with Crippen LogP contribution in [0.25, 0.3) is 5.65 Å². The second kappa shape index (κ2) is 5.48. The molecule has 0 atom stereocenters. The largest absolute Gasteiger partial charge is 0.550 e. The van der Waals surface area contributed by atoms with E-state index in [1.165, 1.54) is 16.3 Å². The molecule has 21 heavy (non-hydrogen) atoms. The first kappa shape index (κ1) is 14.1. The number of quaternary nitrogens is 1. The molecule has 3 heterocycles. The first-order valence-electron chi connectivity index (χ1n) is 7.54. The molecule has 5 nitrogen and oxygen atoms in total. The van der Waals surface area contributed by atoms with Gasteiger partial charge in [-0.15, -0.1) is 0 Å². The topological polar surface area (TPSA) is 61.9 Å². The van der Waals surface area contributed by atoms with Crippen molar-refractivity contribution in [2.24, 2.45) is 5.92 Å². The molecule has 0 unspecified atom stereocenters. The van der Waals surface area contributed by atoms with Crippen molar-refractivity contribution < 1.29 is 14.8 Å². The van der Waals surface area contributed by atoms with Gasteiger partial charge in [0.15, 0.2) is 0 Å². The third-order valence-corrected chi connectivity index (χ3v) is 4.58. The summed E-state index contributed by atoms with van der Waals surface area (Å²) in [5, 5.41) is 10.9. The molecule has 0 spiro atoms. The minimum Gasteiger partial charge on any atom is -0.550 e. The van der Waals surface area contributed by atoms with Gasteiger partial charge < -0.3 is 14.8 Å². The highest BCUT2D eigenvalue weighted by molar-refractivity contribution is 5.67. The summed E-state index contributed by atoms with van der Waals surface area (Å²) in [7, 11) is 0. The second-order valence-electron chi connectivity index (χ2n) is 6.02. The van der Waals surface area contributed by atoms with Crippen LogP contribution in [0.15, 0.2) is 18.2 Å². The van der Waals surface area contributed by atoms with Crippen LogP contribution < -0.4 is 10.0 Å². The van der Waals surface area contributed by atoms with Gasteiger partial charge in [0.2, 0.25) is 0 Å². The van der Waals surface area contributed by atoms with Gasteiger partial charge in [-0.05, 0) is 26.0 Å². The number of carbonyl (C=O) groups is 1. The molecule has 0 amide bonds. The van der Waals surface area contributed by atoms with Crippen LogP contribution in [-0.4, -0.2) is 28.4 Å². The van der Waals surface area contributed by atoms with Gasteiger partial charge in [0.05, 0.1) is 18.8 Å². The van der Waals surface area contributed by atoms with E-state index in [-0.39, 0.29) is 5.92 Å². The molecule has 1 fully saturated rings. The summed E-state index contributed by atoms with van der Waals surface area (Å²) >= 11 is 0. The Morgan fingerprint density at radius 1 is 1.38 bits per heavy atom. The lowest BCUT2D eigenvalue weighted by atomic mass is 9.97. The normalized spacial score (nSPS) is 22.6. The highest BCUT2D eigenvalue weighted by Gasteiger charge is 2.24. The zero-order valence-corrected chi connectivity index (χ0v) is 12.6. The van der Waals surface area contributed by atoms with E-state index in [4.69, 9.17) is 0 Å². The highest BCUT2D eigenvalue weighted by Crippen LogP contribution is 2.14. The Hall–Kier alpha value is -1.88. The number of carboxylic acid groups (broad SMARTS) is 1. The van der Waals surface area contributed by atoms with Crippen molar-refractivity contribution in [3.05, 3.63) is 35.3 Å². The van der Waals surface area contributed by atoms with Crippen LogP contribution in [0, 0.1) is 19.8 Å². The summed E-state index contributed by atoms with van der Waals surface area (Å²) in [6.07, 6.45) is 1.43. The Morgan fingerprint density at radius 3 is 2.76 bits per heavy atom. The Kier molecular flexibility index (Phi) is 3.68. The number of carboxylic acids is 1. The zero-order valence-electron chi connectivity index (χ0n) is 12.6. The molecule has 3 rings (SSSR count). The number of hydrogen-bond acceptors (Lipinski definition) is 3. The predicted octanol–water partition coefficient (Wildman–Crippen LogP) is -0.504. The fourth-order valence-corrected chi connectivity index (χ4v) is 3.32. The first-order chi connectivity index (χ1) is 10.1. The summed E-state index contributed by atoms with van der Waals surface area (Å²) in [5.41, 5.74) is 4.49. The minimum atomic E-state index is -0.893. The SMILES string of the molecule is Cc1nc2cccc(C)n2c1C[NH+]1CCC(C(=O)[O-])CC1. The Balaban J connectivity index is 1.80. The number of likely N-dealkylation sites (tertiary alicyclic amines) is 1. The maximum Gasteiger partial charge on any atom is 0.137 e. The number of aryl methyl sites for hydroxylation is 2. The van der Waals surface area contributed by atoms with E-state index >= 15 is 0 Å². The summed E-state index contributed by atoms with van der Waals surface area (Å²) in [4.78, 5) is 17.0. The quantitative estimate of drug-likeness (QED) is 0.827. The van der Waals surface area contributed by atoms with Gasteiger partial charge in [0, 0.05) is 30.4 Å². The van der Waals surface area contributed by atoms with Crippen molar-refractivity contribution in [2.75, 3.05) is 13.1 Å². The van der Waals surface area contributed by atoms with Crippen LogP contribution in [0.5, 0.6) is 0 Å². The predicted molar refractivity (Wildman–Crippen MR) is 76.8 cm³/mol. The molecule has 0 saturated carbocycles. The fourth-order valence-electron chi connectivity index (χ4n) is 3.32. The van der Waals surface area contributed by atoms with Gasteiger partial charge in [-0.3, -0.25) is 4.40 Å². The van der Waals surface area contributed by atoms with Crippen LogP contribution in [-0.2, 0) is 11.3 Å². The molecule has 1 aliphatic rings. The van der Waals surface area contributed by atoms with Crippen molar-refractivity contribution in [1.82, 2.24) is 9.38 Å². The molecule has 0 bridgehead atoms. The number of carbonyl (C=O) groups excluding carboxylic acids is 1. The van der Waals surface area contributed by atoms with Gasteiger partial charge in [0.1, 0.15) is 17.9 Å². The lowest BCUT2D eigenvalue weighted by Gasteiger charge is -2.29. The molecule has 5 heteroatoms. The maximum absolute atomic E-state index is 10.9. The number of rotatable bonds is 3. The van der Waals surface area contributed by atoms with Gasteiger partial charge >= 0.3 is 0 Å². The summed E-state index contributed by atoms with van der Waals surface area (Å²) in [6.45, 7) is 6.82. The molecule has 1 saturated heterocycles. The number of fused-ring (bicyclic) bond motifs is 1. The van der Waals surface area contributed by atoms with Crippen molar-refractivity contribution in [3.8, 4) is 0 Å². The Morgan fingerprint density at radius 2 is 2.10 bits per heavy atom. The first-order valence-corrected chi connectivity index (χ1v) is 7.54. The van der Waals surface area contributed by atoms with Gasteiger partial charge in [-0.2, -0.15) is 0 Å². The van der Waals surface area contributed by atoms with E-state index in [1.807, 2.05) is 12.1 Å². The molecule has 1 aliphatic heterocycles. The molecular weight excluding hydrogens is 266 g/mol. The van der Waals surface area contributed by atoms with Crippen LogP contribution >= 0.6 is 0 Å². The smallest absolute Gasteiger partial charge is 0.137 e. The Labute approximate surface area is 124 Å². The average molecular weight is 287 g/mol. The van der Waals surface area contributed by atoms with E-state index in [0.717, 1.165) is 31.0 Å². The number of nitrogens with zero attached hydrogens (tertiary/aromatic N) is 2. The summed E-state index contributed by atoms with van der Waals surface area (Å²) in [6, 6.07) is 6.15. The van der Waals surface area contributed by atoms with E-state index in [2.05, 4.69) is 29.3 Å². The van der Waals surface area contributed by atoms with E-state index in [9.17, 15) is 9.90 Å². The molecule has 2 aromatic heterocycles. The summed E-state index contributed by atoms with van der Waals surface area (Å²) in [5.74, 6) is -1.16. The second-order valence-corrected chi connectivity index (χ2v) is 6.02. The van der Waals surface area contributed by atoms with E-state index in [0.29, 0.717) is 12.8 Å². The van der Waals surface area contributed by atoms with E-state index < -0.39 is 5.97 Å². The standard InChI is InChI=1S/C16H21N3O2/c1-11-4-3-5-15-17-12(2)14(19(11)15)10-18-8-6-13(7-9-18)16(20)21/h3-5,13H,6-10H2,1-2H3,(H,20,21). The molecule has 1 N–H and O–H groups in total. The molecule has 0 aromatic carbocycles. The fraction of sp³-hybridized carbons (Fsp3) is 0.500. The van der Waals surface area contributed by atoms with Crippen molar-refractivity contribution >= 4 is 11.6 Å². The van der Waals surface area contributed by atoms with Crippen LogP contribution in [0.2, 0.25) is 0 Å². The Bertz CT molecular complexity index is 669. The molecule has 112 valence electrons. The highest BCUT2D eigenvalue weighted by atomic mass is 16.4. The zero-order chi connectivity index (χ0) is 15.0. The monoisotopic (exact) mass is 287 g/mol. The third-order valence-electron chi connectivity index (χ3n) is 4.58. The lowest BCUT2D eigenvalue weighted by molar-refractivity contribution is -0.919. The number of imidazole rings is 1. The number of aromatic nitrogens is 2. The van der Waals surface area contributed by atoms with Crippen LogP contribution in [0.4, 0.5) is 0 Å². The van der Waals surface area contributed by atoms with Crippen LogP contribution in [0.3, 0.4) is 0 Å². The summed E-state index contributed by atoms with van der Waals surface area (Å²) < 4.78 is 2.22. The molecule has 0 radical (unpaired) electrons. The van der Waals surface area contributed by atoms with Crippen molar-refractivity contribution in [1.29, 1.82) is 0 Å². The third kappa shape index (κ3) is 2.65. The van der Waals surface area contributed by atoms with Crippen LogP contribution in [0.1, 0.15) is 29.9 Å². The molecule has 2 aromatic rings. The minimum absolute atomic E-state index is 0.265. The lowest BCUT2D eigenvalue weighted by Crippen LogP contribution is -3.12. The number of aliphatic carboxylic acids is 1. The number of piperidine rings is 1. The average Bonchev–Trinajstić information content (AvgIpc) is 2.77. The van der Waals surface area contributed by atoms with Crippen molar-refractivity contribution in [3.63, 3.8) is 0 Å². The van der Waals surface area contributed by atoms with Gasteiger partial charge in [0.25, 0.3) is 0 Å². The molecule has 0 aliphatic carbocycles. The maximum atomic E-state index is 10.9. The molecular formula is C16H21N3O2. The number of hydrogen-bond donors (Lipinski definition) is 1. The van der Waals surface area contributed by atoms with E-state index in [1.54, 1.807) is 0 Å². The number of nitrogens with one attached hydrogen (secondary N) is 1. The van der Waals surface area contributed by atoms with Crippen molar-refractivity contribution in [2.45, 2.75) is 33.2 Å². The van der Waals surface area contributed by atoms with Gasteiger partial charge in [-0.1, -0.05) is 6.07 Å².